The number of nitrogens with one attached hydrogen (secondary N) is 1. The first-order valence-corrected chi connectivity index (χ1v) is 7.89. The van der Waals surface area contributed by atoms with Gasteiger partial charge in [0.05, 0.1) is 19.4 Å². The van der Waals surface area contributed by atoms with Gasteiger partial charge in [-0.2, -0.15) is 5.10 Å². The molecule has 1 aliphatic rings. The van der Waals surface area contributed by atoms with Crippen LogP contribution in [-0.2, 0) is 4.74 Å². The standard InChI is InChI=1S/C17H17FN4O2/c18-13-8-12-9-14(10-13)24-6-1-5-23-7-3-19-16-2-4-22-17(21-16)15(12)11-20-22/h2,4,8-11H,1,3,5-7H2,(H,19,21). The van der Waals surface area contributed by atoms with Gasteiger partial charge in [-0.25, -0.2) is 13.9 Å². The first kappa shape index (κ1) is 14.9. The van der Waals surface area contributed by atoms with Crippen LogP contribution < -0.4 is 10.1 Å². The zero-order valence-electron chi connectivity index (χ0n) is 13.0. The molecule has 7 heteroatoms. The fraction of sp³-hybridized carbons (Fsp3) is 0.294. The lowest BCUT2D eigenvalue weighted by Crippen LogP contribution is -2.12. The number of aromatic nitrogens is 3. The van der Waals surface area contributed by atoms with Crippen molar-refractivity contribution in [1.29, 1.82) is 0 Å². The molecule has 24 heavy (non-hydrogen) atoms. The van der Waals surface area contributed by atoms with E-state index in [0.717, 1.165) is 17.8 Å². The second-order valence-corrected chi connectivity index (χ2v) is 5.56. The van der Waals surface area contributed by atoms with E-state index in [2.05, 4.69) is 15.4 Å². The molecular weight excluding hydrogens is 311 g/mol. The molecule has 1 N–H and O–H groups in total. The zero-order chi connectivity index (χ0) is 16.4. The number of hydrogen-bond acceptors (Lipinski definition) is 5. The van der Waals surface area contributed by atoms with Gasteiger partial charge in [0.1, 0.15) is 17.4 Å². The van der Waals surface area contributed by atoms with Crippen LogP contribution in [0.1, 0.15) is 6.42 Å². The smallest absolute Gasteiger partial charge is 0.165 e. The Kier molecular flexibility index (Phi) is 4.00. The molecule has 124 valence electrons. The minimum absolute atomic E-state index is 0.350. The van der Waals surface area contributed by atoms with Gasteiger partial charge in [0.2, 0.25) is 0 Å². The fourth-order valence-corrected chi connectivity index (χ4v) is 2.68. The van der Waals surface area contributed by atoms with Crippen molar-refractivity contribution in [2.45, 2.75) is 6.42 Å². The average Bonchev–Trinajstić information content (AvgIpc) is 2.99. The highest BCUT2D eigenvalue weighted by molar-refractivity contribution is 5.78. The van der Waals surface area contributed by atoms with Crippen molar-refractivity contribution >= 4 is 11.5 Å². The molecule has 0 amide bonds. The van der Waals surface area contributed by atoms with Gasteiger partial charge in [0.25, 0.3) is 0 Å². The van der Waals surface area contributed by atoms with Crippen molar-refractivity contribution < 1.29 is 13.9 Å². The van der Waals surface area contributed by atoms with Gasteiger partial charge in [0.15, 0.2) is 5.65 Å². The Morgan fingerprint density at radius 3 is 3.08 bits per heavy atom. The molecule has 4 bridgehead atoms. The lowest BCUT2D eigenvalue weighted by atomic mass is 10.1. The molecule has 6 nitrogen and oxygen atoms in total. The molecule has 0 unspecified atom stereocenters. The monoisotopic (exact) mass is 328 g/mol. The molecule has 0 spiro atoms. The van der Waals surface area contributed by atoms with Crippen molar-refractivity contribution in [2.75, 3.05) is 31.7 Å². The summed E-state index contributed by atoms with van der Waals surface area (Å²) < 4.78 is 26.8. The van der Waals surface area contributed by atoms with Gasteiger partial charge >= 0.3 is 0 Å². The third-order valence-electron chi connectivity index (χ3n) is 3.81. The van der Waals surface area contributed by atoms with Gasteiger partial charge in [-0.05, 0) is 23.8 Å². The minimum atomic E-state index is -0.350. The molecule has 0 saturated heterocycles. The maximum atomic E-state index is 14.0. The highest BCUT2D eigenvalue weighted by Gasteiger charge is 2.12. The normalized spacial score (nSPS) is 15.4. The molecule has 3 heterocycles. The summed E-state index contributed by atoms with van der Waals surface area (Å²) in [5.41, 5.74) is 2.11. The minimum Gasteiger partial charge on any atom is -0.493 e. The largest absolute Gasteiger partial charge is 0.493 e. The van der Waals surface area contributed by atoms with E-state index >= 15 is 0 Å². The molecule has 0 radical (unpaired) electrons. The quantitative estimate of drug-likeness (QED) is 0.687. The highest BCUT2D eigenvalue weighted by atomic mass is 19.1. The Labute approximate surface area is 138 Å². The number of ether oxygens (including phenoxy) is 2. The molecule has 1 aromatic carbocycles. The van der Waals surface area contributed by atoms with Crippen LogP contribution in [0.3, 0.4) is 0 Å². The molecule has 0 fully saturated rings. The number of fused-ring (bicyclic) bond motifs is 4. The number of benzene rings is 1. The van der Waals surface area contributed by atoms with Crippen molar-refractivity contribution in [3.05, 3.63) is 42.5 Å². The maximum absolute atomic E-state index is 14.0. The van der Waals surface area contributed by atoms with E-state index in [0.29, 0.717) is 43.3 Å². The summed E-state index contributed by atoms with van der Waals surface area (Å²) in [6, 6.07) is 6.51. The third kappa shape index (κ3) is 3.03. The van der Waals surface area contributed by atoms with Gasteiger partial charge in [-0.1, -0.05) is 0 Å². The van der Waals surface area contributed by atoms with Crippen LogP contribution in [0.2, 0.25) is 0 Å². The molecule has 1 aliphatic heterocycles. The number of hydrogen-bond donors (Lipinski definition) is 1. The van der Waals surface area contributed by atoms with E-state index in [9.17, 15) is 4.39 Å². The fourth-order valence-electron chi connectivity index (χ4n) is 2.68. The summed E-state index contributed by atoms with van der Waals surface area (Å²) >= 11 is 0. The molecule has 3 aromatic rings. The zero-order valence-corrected chi connectivity index (χ0v) is 13.0. The predicted octanol–water partition coefficient (Wildman–Crippen LogP) is 2.75. The Morgan fingerprint density at radius 1 is 1.17 bits per heavy atom. The van der Waals surface area contributed by atoms with Crippen LogP contribution in [0.25, 0.3) is 16.8 Å². The SMILES string of the molecule is Fc1cc2cc(c1)-c1cnn3ccc(nc13)NCCOCCCO2. The van der Waals surface area contributed by atoms with Gasteiger partial charge in [-0.3, -0.25) is 0 Å². The van der Waals surface area contributed by atoms with E-state index in [1.807, 2.05) is 18.3 Å². The van der Waals surface area contributed by atoms with Crippen LogP contribution in [0, 0.1) is 5.82 Å². The van der Waals surface area contributed by atoms with Crippen molar-refractivity contribution in [1.82, 2.24) is 14.6 Å². The summed E-state index contributed by atoms with van der Waals surface area (Å²) in [7, 11) is 0. The molecule has 2 aromatic heterocycles. The van der Waals surface area contributed by atoms with E-state index in [-0.39, 0.29) is 5.82 Å². The van der Waals surface area contributed by atoms with E-state index in [4.69, 9.17) is 9.47 Å². The summed E-state index contributed by atoms with van der Waals surface area (Å²) in [5, 5.41) is 7.51. The summed E-state index contributed by atoms with van der Waals surface area (Å²) in [6.07, 6.45) is 4.26. The van der Waals surface area contributed by atoms with Crippen molar-refractivity contribution in [3.63, 3.8) is 0 Å². The lowest BCUT2D eigenvalue weighted by Gasteiger charge is -2.08. The second-order valence-electron chi connectivity index (χ2n) is 5.56. The second kappa shape index (κ2) is 6.45. The first-order valence-electron chi connectivity index (χ1n) is 7.89. The molecule has 0 saturated carbocycles. The van der Waals surface area contributed by atoms with Crippen LogP contribution in [0.4, 0.5) is 10.2 Å². The molecule has 0 atom stereocenters. The summed E-state index contributed by atoms with van der Waals surface area (Å²) in [4.78, 5) is 4.58. The average molecular weight is 328 g/mol. The van der Waals surface area contributed by atoms with Gasteiger partial charge in [0, 0.05) is 37.4 Å². The Hall–Kier alpha value is -2.67. The number of halogens is 1. The first-order chi connectivity index (χ1) is 11.8. The predicted molar refractivity (Wildman–Crippen MR) is 87.8 cm³/mol. The number of nitrogens with zero attached hydrogens (tertiary/aromatic N) is 3. The van der Waals surface area contributed by atoms with Crippen LogP contribution in [0.5, 0.6) is 5.75 Å². The number of rotatable bonds is 0. The third-order valence-corrected chi connectivity index (χ3v) is 3.81. The van der Waals surface area contributed by atoms with E-state index < -0.39 is 0 Å². The van der Waals surface area contributed by atoms with Crippen LogP contribution >= 0.6 is 0 Å². The van der Waals surface area contributed by atoms with E-state index in [1.54, 1.807) is 10.7 Å². The van der Waals surface area contributed by atoms with E-state index in [1.165, 1.54) is 12.1 Å². The highest BCUT2D eigenvalue weighted by Crippen LogP contribution is 2.28. The molecule has 4 rings (SSSR count). The lowest BCUT2D eigenvalue weighted by molar-refractivity contribution is 0.127. The van der Waals surface area contributed by atoms with Gasteiger partial charge < -0.3 is 14.8 Å². The van der Waals surface area contributed by atoms with Crippen LogP contribution in [0.15, 0.2) is 36.7 Å². The number of anilines is 1. The van der Waals surface area contributed by atoms with Crippen molar-refractivity contribution in [2.24, 2.45) is 0 Å². The summed E-state index contributed by atoms with van der Waals surface area (Å²) in [6.45, 7) is 2.32. The Bertz CT molecular complexity index is 865. The van der Waals surface area contributed by atoms with Crippen molar-refractivity contribution in [3.8, 4) is 16.9 Å². The Morgan fingerprint density at radius 2 is 2.12 bits per heavy atom. The van der Waals surface area contributed by atoms with Gasteiger partial charge in [-0.15, -0.1) is 0 Å². The maximum Gasteiger partial charge on any atom is 0.165 e. The molecular formula is C17H17FN4O2. The molecule has 0 aliphatic carbocycles. The van der Waals surface area contributed by atoms with Crippen LogP contribution in [-0.4, -0.2) is 41.0 Å². The topological polar surface area (TPSA) is 60.7 Å². The summed E-state index contributed by atoms with van der Waals surface area (Å²) in [5.74, 6) is 0.876. The Balaban J connectivity index is 1.81.